The van der Waals surface area contributed by atoms with Gasteiger partial charge < -0.3 is 16.2 Å². The number of fused-ring (bicyclic) bond motifs is 1. The molecule has 2 rings (SSSR count). The summed E-state index contributed by atoms with van der Waals surface area (Å²) < 4.78 is 0. The first kappa shape index (κ1) is 14.7. The molecule has 2 aromatic heterocycles. The lowest BCUT2D eigenvalue weighted by atomic mass is 10.1. The van der Waals surface area contributed by atoms with Crippen LogP contribution >= 0.6 is 0 Å². The number of carboxylic acids is 1. The van der Waals surface area contributed by atoms with Crippen molar-refractivity contribution in [3.63, 3.8) is 0 Å². The molecule has 2 heterocycles. The Morgan fingerprint density at radius 2 is 2.29 bits per heavy atom. The minimum absolute atomic E-state index is 0.0713. The zero-order valence-corrected chi connectivity index (χ0v) is 11.7. The second-order valence-electron chi connectivity index (χ2n) is 4.83. The summed E-state index contributed by atoms with van der Waals surface area (Å²) in [6.07, 6.45) is 2.61. The van der Waals surface area contributed by atoms with Crippen molar-refractivity contribution < 1.29 is 9.90 Å². The van der Waals surface area contributed by atoms with Gasteiger partial charge in [-0.3, -0.25) is 4.98 Å². The third kappa shape index (κ3) is 3.65. The molecule has 0 fully saturated rings. The van der Waals surface area contributed by atoms with Crippen molar-refractivity contribution in [2.75, 3.05) is 11.1 Å². The van der Waals surface area contributed by atoms with E-state index >= 15 is 0 Å². The number of anilines is 2. The fraction of sp³-hybridized carbons (Fsp3) is 0.286. The maximum absolute atomic E-state index is 11.4. The Morgan fingerprint density at radius 3 is 2.95 bits per heavy atom. The van der Waals surface area contributed by atoms with Gasteiger partial charge in [-0.2, -0.15) is 4.98 Å². The number of carboxylic acid groups (broad SMARTS) is 1. The van der Waals surface area contributed by atoms with Gasteiger partial charge in [0.2, 0.25) is 5.95 Å². The number of nitrogens with zero attached hydrogens (tertiary/aromatic N) is 3. The highest BCUT2D eigenvalue weighted by Gasteiger charge is 2.19. The van der Waals surface area contributed by atoms with Crippen molar-refractivity contribution in [3.8, 4) is 0 Å². The number of aromatic nitrogens is 3. The number of carbonyl (C=O) groups is 1. The molecule has 7 heteroatoms. The molecule has 0 radical (unpaired) electrons. The van der Waals surface area contributed by atoms with Crippen LogP contribution in [0.4, 0.5) is 11.8 Å². The number of hydrogen-bond donors (Lipinski definition) is 3. The van der Waals surface area contributed by atoms with Crippen molar-refractivity contribution in [1.29, 1.82) is 0 Å². The van der Waals surface area contributed by atoms with Crippen molar-refractivity contribution in [1.82, 2.24) is 15.0 Å². The predicted octanol–water partition coefficient (Wildman–Crippen LogP) is 1.83. The highest BCUT2D eigenvalue weighted by atomic mass is 16.4. The van der Waals surface area contributed by atoms with Gasteiger partial charge in [0.1, 0.15) is 11.6 Å². The minimum Gasteiger partial charge on any atom is -0.480 e. The highest BCUT2D eigenvalue weighted by Crippen LogP contribution is 2.20. The summed E-state index contributed by atoms with van der Waals surface area (Å²) in [5.74, 6) is -0.563. The molecule has 0 saturated carbocycles. The zero-order valence-electron chi connectivity index (χ0n) is 11.7. The summed E-state index contributed by atoms with van der Waals surface area (Å²) in [6, 6.07) is 2.69. The molecular formula is C14H17N5O2. The average Bonchev–Trinajstić information content (AvgIpc) is 2.42. The van der Waals surface area contributed by atoms with E-state index in [1.165, 1.54) is 0 Å². The molecule has 0 amide bonds. The number of nitrogens with two attached hydrogens (primary N) is 1. The lowest BCUT2D eigenvalue weighted by Crippen LogP contribution is -2.30. The predicted molar refractivity (Wildman–Crippen MR) is 80.8 cm³/mol. The van der Waals surface area contributed by atoms with Crippen molar-refractivity contribution >= 4 is 28.8 Å². The number of pyridine rings is 1. The summed E-state index contributed by atoms with van der Waals surface area (Å²) >= 11 is 0. The van der Waals surface area contributed by atoms with Crippen molar-refractivity contribution in [2.24, 2.45) is 0 Å². The molecule has 1 atom stereocenters. The van der Waals surface area contributed by atoms with Crippen LogP contribution in [0.3, 0.4) is 0 Å². The van der Waals surface area contributed by atoms with E-state index in [0.717, 1.165) is 5.57 Å². The molecule has 21 heavy (non-hydrogen) atoms. The first-order valence-electron chi connectivity index (χ1n) is 6.49. The molecule has 4 N–H and O–H groups in total. The Bertz CT molecular complexity index is 686. The fourth-order valence-electron chi connectivity index (χ4n) is 1.90. The van der Waals surface area contributed by atoms with Crippen LogP contribution in [-0.4, -0.2) is 32.1 Å². The average molecular weight is 287 g/mol. The maximum Gasteiger partial charge on any atom is 0.326 e. The van der Waals surface area contributed by atoms with Crippen LogP contribution in [0.15, 0.2) is 30.5 Å². The molecular weight excluding hydrogens is 270 g/mol. The number of aliphatic carboxylic acids is 1. The lowest BCUT2D eigenvalue weighted by Gasteiger charge is -2.16. The van der Waals surface area contributed by atoms with Crippen molar-refractivity contribution in [3.05, 3.63) is 30.5 Å². The van der Waals surface area contributed by atoms with Crippen LogP contribution in [0.25, 0.3) is 11.0 Å². The van der Waals surface area contributed by atoms with E-state index in [9.17, 15) is 9.90 Å². The SMILES string of the molecule is C=C(C)CC[C@@H](Nc1nc(N)nc2cccnc12)C(=O)O. The third-order valence-corrected chi connectivity index (χ3v) is 2.94. The van der Waals surface area contributed by atoms with E-state index in [2.05, 4.69) is 26.8 Å². The first-order chi connectivity index (χ1) is 9.97. The monoisotopic (exact) mass is 287 g/mol. The summed E-state index contributed by atoms with van der Waals surface area (Å²) in [5.41, 5.74) is 7.63. The van der Waals surface area contributed by atoms with E-state index in [1.807, 2.05) is 6.92 Å². The first-order valence-corrected chi connectivity index (χ1v) is 6.49. The van der Waals surface area contributed by atoms with Gasteiger partial charge in [-0.15, -0.1) is 6.58 Å². The normalized spacial score (nSPS) is 12.0. The standard InChI is InChI=1S/C14H17N5O2/c1-8(2)5-6-10(13(20)21)17-12-11-9(4-3-7-16-11)18-14(15)19-12/h3-4,7,10H,1,5-6H2,2H3,(H,20,21)(H3,15,17,18,19)/t10-/m1/s1. The Morgan fingerprint density at radius 1 is 1.52 bits per heavy atom. The molecule has 7 nitrogen and oxygen atoms in total. The van der Waals surface area contributed by atoms with E-state index in [4.69, 9.17) is 5.73 Å². The molecule has 0 bridgehead atoms. The Hall–Kier alpha value is -2.70. The minimum atomic E-state index is -0.961. The van der Waals surface area contributed by atoms with Gasteiger partial charge in [0, 0.05) is 6.20 Å². The number of hydrogen-bond acceptors (Lipinski definition) is 6. The maximum atomic E-state index is 11.4. The van der Waals surface area contributed by atoms with Gasteiger partial charge in [-0.1, -0.05) is 5.57 Å². The van der Waals surface area contributed by atoms with Gasteiger partial charge in [-0.25, -0.2) is 9.78 Å². The third-order valence-electron chi connectivity index (χ3n) is 2.94. The Kier molecular flexibility index (Phi) is 4.32. The molecule has 0 aliphatic rings. The second-order valence-corrected chi connectivity index (χ2v) is 4.83. The number of allylic oxidation sites excluding steroid dienone is 1. The summed E-state index contributed by atoms with van der Waals surface area (Å²) in [7, 11) is 0. The van der Waals surface area contributed by atoms with Crippen LogP contribution < -0.4 is 11.1 Å². The largest absolute Gasteiger partial charge is 0.480 e. The smallest absolute Gasteiger partial charge is 0.326 e. The number of nitrogens with one attached hydrogen (secondary N) is 1. The van der Waals surface area contributed by atoms with E-state index in [-0.39, 0.29) is 5.95 Å². The summed E-state index contributed by atoms with van der Waals surface area (Å²) in [6.45, 7) is 5.64. The lowest BCUT2D eigenvalue weighted by molar-refractivity contribution is -0.138. The van der Waals surface area contributed by atoms with E-state index < -0.39 is 12.0 Å². The van der Waals surface area contributed by atoms with Gasteiger partial charge in [0.05, 0.1) is 5.52 Å². The van der Waals surface area contributed by atoms with E-state index in [0.29, 0.717) is 29.7 Å². The summed E-state index contributed by atoms with van der Waals surface area (Å²) in [4.78, 5) is 23.6. The second kappa shape index (κ2) is 6.17. The van der Waals surface area contributed by atoms with Crippen LogP contribution in [0.5, 0.6) is 0 Å². The molecule has 0 aromatic carbocycles. The number of nitrogen functional groups attached to an aromatic ring is 1. The van der Waals surface area contributed by atoms with Crippen LogP contribution in [0.1, 0.15) is 19.8 Å². The van der Waals surface area contributed by atoms with Gasteiger partial charge in [-0.05, 0) is 31.9 Å². The molecule has 0 aliphatic heterocycles. The molecule has 110 valence electrons. The Labute approximate surface area is 121 Å². The molecule has 0 spiro atoms. The van der Waals surface area contributed by atoms with Crippen molar-refractivity contribution in [2.45, 2.75) is 25.8 Å². The van der Waals surface area contributed by atoms with Gasteiger partial charge in [0.15, 0.2) is 5.82 Å². The molecule has 2 aromatic rings. The molecule has 0 aliphatic carbocycles. The van der Waals surface area contributed by atoms with Crippen LogP contribution in [0.2, 0.25) is 0 Å². The highest BCUT2D eigenvalue weighted by molar-refractivity contribution is 5.88. The topological polar surface area (TPSA) is 114 Å². The van der Waals surface area contributed by atoms with Crippen LogP contribution in [0, 0.1) is 0 Å². The number of rotatable bonds is 6. The van der Waals surface area contributed by atoms with Gasteiger partial charge >= 0.3 is 5.97 Å². The van der Waals surface area contributed by atoms with E-state index in [1.54, 1.807) is 18.3 Å². The molecule has 0 unspecified atom stereocenters. The Balaban J connectivity index is 2.32. The zero-order chi connectivity index (χ0) is 15.4. The quantitative estimate of drug-likeness (QED) is 0.694. The van der Waals surface area contributed by atoms with Gasteiger partial charge in [0.25, 0.3) is 0 Å². The summed E-state index contributed by atoms with van der Waals surface area (Å²) in [5, 5.41) is 12.2. The van der Waals surface area contributed by atoms with Crippen LogP contribution in [-0.2, 0) is 4.79 Å². The fourth-order valence-corrected chi connectivity index (χ4v) is 1.90. The molecule has 0 saturated heterocycles.